The second-order valence-corrected chi connectivity index (χ2v) is 4.30. The van der Waals surface area contributed by atoms with Crippen molar-refractivity contribution < 1.29 is 5.11 Å². The molecule has 0 aromatic carbocycles. The standard InChI is InChI=1S/C9H9ClN2OS/c1-12-4-2-7(11-12)8(13)9-6(10)3-5-14-9/h2-5,8,13H,1H3. The third kappa shape index (κ3) is 1.68. The summed E-state index contributed by atoms with van der Waals surface area (Å²) in [5.74, 6) is 0. The molecule has 74 valence electrons. The van der Waals surface area contributed by atoms with Gasteiger partial charge in [0, 0.05) is 13.2 Å². The van der Waals surface area contributed by atoms with Gasteiger partial charge in [-0.1, -0.05) is 11.6 Å². The first-order chi connectivity index (χ1) is 6.68. The summed E-state index contributed by atoms with van der Waals surface area (Å²) in [6, 6.07) is 3.55. The van der Waals surface area contributed by atoms with Crippen molar-refractivity contribution in [2.45, 2.75) is 6.10 Å². The molecule has 0 saturated carbocycles. The predicted octanol–water partition coefficient (Wildman–Crippen LogP) is 2.22. The normalized spacial score (nSPS) is 13.1. The zero-order valence-electron chi connectivity index (χ0n) is 7.51. The van der Waals surface area contributed by atoms with Gasteiger partial charge in [0.15, 0.2) is 0 Å². The molecule has 1 atom stereocenters. The van der Waals surface area contributed by atoms with E-state index in [-0.39, 0.29) is 0 Å². The summed E-state index contributed by atoms with van der Waals surface area (Å²) in [7, 11) is 1.81. The lowest BCUT2D eigenvalue weighted by Crippen LogP contribution is -2.00. The maximum absolute atomic E-state index is 9.93. The van der Waals surface area contributed by atoms with Crippen LogP contribution in [0.5, 0.6) is 0 Å². The molecular formula is C9H9ClN2OS. The van der Waals surface area contributed by atoms with Gasteiger partial charge < -0.3 is 5.11 Å². The van der Waals surface area contributed by atoms with Gasteiger partial charge in [0.2, 0.25) is 0 Å². The van der Waals surface area contributed by atoms with Crippen molar-refractivity contribution in [2.24, 2.45) is 7.05 Å². The number of hydrogen-bond donors (Lipinski definition) is 1. The van der Waals surface area contributed by atoms with Crippen LogP contribution in [0.3, 0.4) is 0 Å². The summed E-state index contributed by atoms with van der Waals surface area (Å²) >= 11 is 7.34. The SMILES string of the molecule is Cn1ccc(C(O)c2sccc2Cl)n1. The van der Waals surface area contributed by atoms with Gasteiger partial charge in [0.05, 0.1) is 15.6 Å². The molecule has 2 heterocycles. The molecule has 1 N–H and O–H groups in total. The van der Waals surface area contributed by atoms with Gasteiger partial charge in [-0.3, -0.25) is 4.68 Å². The molecular weight excluding hydrogens is 220 g/mol. The third-order valence-corrected chi connectivity index (χ3v) is 3.32. The Morgan fingerprint density at radius 1 is 1.57 bits per heavy atom. The van der Waals surface area contributed by atoms with E-state index in [1.807, 2.05) is 12.4 Å². The van der Waals surface area contributed by atoms with E-state index in [0.717, 1.165) is 4.88 Å². The Labute approximate surface area is 90.6 Å². The largest absolute Gasteiger partial charge is 0.381 e. The van der Waals surface area contributed by atoms with Gasteiger partial charge >= 0.3 is 0 Å². The second kappa shape index (κ2) is 3.73. The lowest BCUT2D eigenvalue weighted by molar-refractivity contribution is 0.218. The molecule has 2 aromatic rings. The van der Waals surface area contributed by atoms with Crippen molar-refractivity contribution in [3.05, 3.63) is 39.3 Å². The number of halogens is 1. The van der Waals surface area contributed by atoms with Crippen LogP contribution in [0.25, 0.3) is 0 Å². The highest BCUT2D eigenvalue weighted by Crippen LogP contribution is 2.31. The molecule has 0 aliphatic heterocycles. The van der Waals surface area contributed by atoms with Crippen LogP contribution < -0.4 is 0 Å². The summed E-state index contributed by atoms with van der Waals surface area (Å²) in [4.78, 5) is 0.741. The molecule has 5 heteroatoms. The molecule has 0 bridgehead atoms. The van der Waals surface area contributed by atoms with E-state index in [1.165, 1.54) is 11.3 Å². The number of aliphatic hydroxyl groups excluding tert-OH is 1. The molecule has 2 aromatic heterocycles. The molecule has 0 amide bonds. The van der Waals surface area contributed by atoms with E-state index in [4.69, 9.17) is 11.6 Å². The van der Waals surface area contributed by atoms with Crippen LogP contribution in [0.2, 0.25) is 5.02 Å². The van der Waals surface area contributed by atoms with Gasteiger partial charge in [0.25, 0.3) is 0 Å². The van der Waals surface area contributed by atoms with E-state index >= 15 is 0 Å². The monoisotopic (exact) mass is 228 g/mol. The molecule has 14 heavy (non-hydrogen) atoms. The predicted molar refractivity (Wildman–Crippen MR) is 56.6 cm³/mol. The van der Waals surface area contributed by atoms with Crippen LogP contribution in [-0.2, 0) is 7.05 Å². The Morgan fingerprint density at radius 2 is 2.36 bits per heavy atom. The van der Waals surface area contributed by atoms with Gasteiger partial charge in [0.1, 0.15) is 6.10 Å². The van der Waals surface area contributed by atoms with E-state index in [9.17, 15) is 5.11 Å². The summed E-state index contributed by atoms with van der Waals surface area (Å²) in [6.45, 7) is 0. The molecule has 0 radical (unpaired) electrons. The number of rotatable bonds is 2. The minimum Gasteiger partial charge on any atom is -0.381 e. The first-order valence-electron chi connectivity index (χ1n) is 4.09. The molecule has 0 aliphatic carbocycles. The molecule has 2 rings (SSSR count). The highest BCUT2D eigenvalue weighted by atomic mass is 35.5. The molecule has 0 spiro atoms. The minimum absolute atomic E-state index is 0.591. The smallest absolute Gasteiger partial charge is 0.133 e. The molecule has 0 saturated heterocycles. The van der Waals surface area contributed by atoms with Crippen LogP contribution in [0.1, 0.15) is 16.7 Å². The maximum Gasteiger partial charge on any atom is 0.133 e. The maximum atomic E-state index is 9.93. The number of thiophene rings is 1. The lowest BCUT2D eigenvalue weighted by Gasteiger charge is -2.05. The number of aliphatic hydroxyl groups is 1. The fourth-order valence-electron chi connectivity index (χ4n) is 1.21. The van der Waals surface area contributed by atoms with E-state index in [2.05, 4.69) is 5.10 Å². The van der Waals surface area contributed by atoms with Crippen molar-refractivity contribution in [2.75, 3.05) is 0 Å². The van der Waals surface area contributed by atoms with Crippen LogP contribution in [-0.4, -0.2) is 14.9 Å². The summed E-state index contributed by atoms with van der Waals surface area (Å²) in [5.41, 5.74) is 0.622. The molecule has 0 fully saturated rings. The Hall–Kier alpha value is -0.840. The molecule has 0 aliphatic rings. The quantitative estimate of drug-likeness (QED) is 0.856. The fraction of sp³-hybridized carbons (Fsp3) is 0.222. The Bertz CT molecular complexity index is 437. The van der Waals surface area contributed by atoms with Crippen LogP contribution in [0.4, 0.5) is 0 Å². The summed E-state index contributed by atoms with van der Waals surface area (Å²) in [6.07, 6.45) is 1.07. The topological polar surface area (TPSA) is 38.0 Å². The van der Waals surface area contributed by atoms with Crippen LogP contribution in [0.15, 0.2) is 23.7 Å². The zero-order chi connectivity index (χ0) is 10.1. The third-order valence-electron chi connectivity index (χ3n) is 1.91. The minimum atomic E-state index is -0.719. The van der Waals surface area contributed by atoms with Crippen molar-refractivity contribution in [3.8, 4) is 0 Å². The van der Waals surface area contributed by atoms with Crippen LogP contribution >= 0.6 is 22.9 Å². The van der Waals surface area contributed by atoms with Gasteiger partial charge in [-0.15, -0.1) is 11.3 Å². The number of aryl methyl sites for hydroxylation is 1. The lowest BCUT2D eigenvalue weighted by atomic mass is 10.2. The number of nitrogens with zero attached hydrogens (tertiary/aromatic N) is 2. The average molecular weight is 229 g/mol. The van der Waals surface area contributed by atoms with Gasteiger partial charge in [-0.2, -0.15) is 5.10 Å². The zero-order valence-corrected chi connectivity index (χ0v) is 9.09. The van der Waals surface area contributed by atoms with Crippen molar-refractivity contribution >= 4 is 22.9 Å². The molecule has 1 unspecified atom stereocenters. The highest BCUT2D eigenvalue weighted by Gasteiger charge is 2.17. The van der Waals surface area contributed by atoms with Gasteiger partial charge in [-0.05, 0) is 17.5 Å². The van der Waals surface area contributed by atoms with E-state index in [0.29, 0.717) is 10.7 Å². The van der Waals surface area contributed by atoms with E-state index < -0.39 is 6.10 Å². The Balaban J connectivity index is 2.33. The first kappa shape index (κ1) is 9.71. The van der Waals surface area contributed by atoms with Crippen molar-refractivity contribution in [1.82, 2.24) is 9.78 Å². The fourth-order valence-corrected chi connectivity index (χ4v) is 2.37. The van der Waals surface area contributed by atoms with Gasteiger partial charge in [-0.25, -0.2) is 0 Å². The number of hydrogen-bond acceptors (Lipinski definition) is 3. The molecule has 3 nitrogen and oxygen atoms in total. The summed E-state index contributed by atoms with van der Waals surface area (Å²) < 4.78 is 1.65. The first-order valence-corrected chi connectivity index (χ1v) is 5.35. The van der Waals surface area contributed by atoms with Crippen LogP contribution in [0, 0.1) is 0 Å². The Kier molecular flexibility index (Phi) is 2.58. The van der Waals surface area contributed by atoms with E-state index in [1.54, 1.807) is 23.0 Å². The number of aromatic nitrogens is 2. The Morgan fingerprint density at radius 3 is 2.86 bits per heavy atom. The highest BCUT2D eigenvalue weighted by molar-refractivity contribution is 7.10. The average Bonchev–Trinajstić information content (AvgIpc) is 2.73. The van der Waals surface area contributed by atoms with Crippen molar-refractivity contribution in [1.29, 1.82) is 0 Å². The second-order valence-electron chi connectivity index (χ2n) is 2.95. The summed E-state index contributed by atoms with van der Waals surface area (Å²) in [5, 5.41) is 16.5. The van der Waals surface area contributed by atoms with Crippen molar-refractivity contribution in [3.63, 3.8) is 0 Å².